The van der Waals surface area contributed by atoms with Crippen molar-refractivity contribution in [3.8, 4) is 0 Å². The molecule has 3 heterocycles. The highest BCUT2D eigenvalue weighted by atomic mass is 32.1. The largest absolute Gasteiger partial charge is 0.323 e. The summed E-state index contributed by atoms with van der Waals surface area (Å²) < 4.78 is 1.21. The average molecular weight is 421 g/mol. The first-order valence-electron chi connectivity index (χ1n) is 10.4. The Morgan fingerprint density at radius 1 is 1.20 bits per heavy atom. The molecule has 1 aromatic heterocycles. The molecule has 2 aliphatic heterocycles. The fourth-order valence-electron chi connectivity index (χ4n) is 4.44. The van der Waals surface area contributed by atoms with Crippen LogP contribution in [0.25, 0.3) is 10.2 Å². The van der Waals surface area contributed by atoms with Crippen LogP contribution in [0, 0.1) is 0 Å². The molecule has 1 saturated heterocycles. The van der Waals surface area contributed by atoms with Crippen LogP contribution in [0.15, 0.2) is 48.5 Å². The van der Waals surface area contributed by atoms with Crippen molar-refractivity contribution >= 4 is 44.7 Å². The lowest BCUT2D eigenvalue weighted by molar-refractivity contribution is -0.125. The van der Waals surface area contributed by atoms with E-state index in [0.717, 1.165) is 42.1 Å². The van der Waals surface area contributed by atoms with E-state index in [2.05, 4.69) is 22.3 Å². The van der Waals surface area contributed by atoms with Crippen LogP contribution in [0.5, 0.6) is 0 Å². The van der Waals surface area contributed by atoms with Crippen LogP contribution in [-0.4, -0.2) is 47.4 Å². The average Bonchev–Trinajstić information content (AvgIpc) is 3.22. The number of carbonyl (C=O) groups is 2. The lowest BCUT2D eigenvalue weighted by Gasteiger charge is -2.38. The highest BCUT2D eigenvalue weighted by Crippen LogP contribution is 2.34. The standard InChI is InChI=1S/C23H24N4O2S/c1-15(23(29)27-14-21(28)24-17-8-2-4-10-19(17)27)26-12-6-7-16(13-26)22-25-18-9-3-5-11-20(18)30-22/h2-5,8-11,15-16H,6-7,12-14H2,1H3,(H,24,28)/t15-,16-/m0/s1. The van der Waals surface area contributed by atoms with E-state index >= 15 is 0 Å². The molecule has 30 heavy (non-hydrogen) atoms. The molecule has 5 rings (SSSR count). The number of thiazole rings is 1. The van der Waals surface area contributed by atoms with Crippen LogP contribution in [0.1, 0.15) is 30.7 Å². The number of piperidine rings is 1. The molecule has 2 atom stereocenters. The number of likely N-dealkylation sites (tertiary alicyclic amines) is 1. The number of nitrogens with zero attached hydrogens (tertiary/aromatic N) is 3. The van der Waals surface area contributed by atoms with E-state index in [1.165, 1.54) is 4.70 Å². The van der Waals surface area contributed by atoms with Gasteiger partial charge in [-0.25, -0.2) is 4.98 Å². The van der Waals surface area contributed by atoms with Gasteiger partial charge in [-0.05, 0) is 50.6 Å². The van der Waals surface area contributed by atoms with Gasteiger partial charge in [0.15, 0.2) is 0 Å². The van der Waals surface area contributed by atoms with Gasteiger partial charge in [-0.2, -0.15) is 0 Å². The SMILES string of the molecule is C[C@@H](C(=O)N1CC(=O)Nc2ccccc21)N1CCC[C@H](c2nc3ccccc3s2)C1. The number of benzene rings is 2. The molecule has 1 N–H and O–H groups in total. The second kappa shape index (κ2) is 7.81. The maximum absolute atomic E-state index is 13.4. The quantitative estimate of drug-likeness (QED) is 0.699. The normalized spacial score (nSPS) is 20.6. The van der Waals surface area contributed by atoms with E-state index in [-0.39, 0.29) is 24.4 Å². The van der Waals surface area contributed by atoms with Crippen molar-refractivity contribution < 1.29 is 9.59 Å². The highest BCUT2D eigenvalue weighted by molar-refractivity contribution is 7.18. The Labute approximate surface area is 179 Å². The first-order valence-corrected chi connectivity index (χ1v) is 11.2. The molecular formula is C23H24N4O2S. The number of amides is 2. The van der Waals surface area contributed by atoms with Crippen molar-refractivity contribution in [3.63, 3.8) is 0 Å². The monoisotopic (exact) mass is 420 g/mol. The number of fused-ring (bicyclic) bond motifs is 2. The van der Waals surface area contributed by atoms with Gasteiger partial charge in [-0.3, -0.25) is 19.4 Å². The Morgan fingerprint density at radius 3 is 2.87 bits per heavy atom. The Kier molecular flexibility index (Phi) is 5.00. The van der Waals surface area contributed by atoms with Gasteiger partial charge >= 0.3 is 0 Å². The van der Waals surface area contributed by atoms with E-state index in [1.807, 2.05) is 43.3 Å². The van der Waals surface area contributed by atoms with E-state index in [0.29, 0.717) is 11.6 Å². The number of carbonyl (C=O) groups excluding carboxylic acids is 2. The predicted molar refractivity (Wildman–Crippen MR) is 120 cm³/mol. The zero-order valence-electron chi connectivity index (χ0n) is 16.9. The molecule has 2 aromatic carbocycles. The maximum atomic E-state index is 13.4. The third-order valence-electron chi connectivity index (χ3n) is 6.05. The summed E-state index contributed by atoms with van der Waals surface area (Å²) in [5, 5.41) is 4.01. The van der Waals surface area contributed by atoms with Gasteiger partial charge in [-0.1, -0.05) is 24.3 Å². The molecule has 2 aliphatic rings. The minimum atomic E-state index is -0.291. The van der Waals surface area contributed by atoms with Crippen LogP contribution in [0.2, 0.25) is 0 Å². The van der Waals surface area contributed by atoms with Crippen LogP contribution in [-0.2, 0) is 9.59 Å². The van der Waals surface area contributed by atoms with Crippen molar-refractivity contribution in [2.75, 3.05) is 29.9 Å². The molecule has 0 unspecified atom stereocenters. The van der Waals surface area contributed by atoms with Crippen molar-refractivity contribution in [2.45, 2.75) is 31.7 Å². The highest BCUT2D eigenvalue weighted by Gasteiger charge is 2.35. The van der Waals surface area contributed by atoms with Crippen molar-refractivity contribution in [1.82, 2.24) is 9.88 Å². The molecule has 6 nitrogen and oxygen atoms in total. The van der Waals surface area contributed by atoms with Crippen molar-refractivity contribution in [2.24, 2.45) is 0 Å². The number of hydrogen-bond donors (Lipinski definition) is 1. The number of rotatable bonds is 3. The van der Waals surface area contributed by atoms with Crippen molar-refractivity contribution in [1.29, 1.82) is 0 Å². The maximum Gasteiger partial charge on any atom is 0.244 e. The number of nitrogens with one attached hydrogen (secondary N) is 1. The fourth-order valence-corrected chi connectivity index (χ4v) is 5.53. The molecule has 2 amide bonds. The zero-order valence-corrected chi connectivity index (χ0v) is 17.7. The third-order valence-corrected chi connectivity index (χ3v) is 7.25. The molecule has 1 fully saturated rings. The van der Waals surface area contributed by atoms with Gasteiger partial charge in [0.1, 0.15) is 6.54 Å². The second-order valence-corrected chi connectivity index (χ2v) is 9.08. The Morgan fingerprint density at radius 2 is 2.00 bits per heavy atom. The summed E-state index contributed by atoms with van der Waals surface area (Å²) in [5.41, 5.74) is 2.52. The van der Waals surface area contributed by atoms with Gasteiger partial charge in [0.25, 0.3) is 0 Å². The first-order chi connectivity index (χ1) is 14.6. The van der Waals surface area contributed by atoms with Crippen LogP contribution < -0.4 is 10.2 Å². The number of hydrogen-bond acceptors (Lipinski definition) is 5. The second-order valence-electron chi connectivity index (χ2n) is 8.02. The zero-order chi connectivity index (χ0) is 20.7. The van der Waals surface area contributed by atoms with Gasteiger partial charge in [0, 0.05) is 12.5 Å². The van der Waals surface area contributed by atoms with E-state index in [9.17, 15) is 9.59 Å². The summed E-state index contributed by atoms with van der Waals surface area (Å²) in [6.45, 7) is 3.72. The summed E-state index contributed by atoms with van der Waals surface area (Å²) >= 11 is 1.76. The molecule has 7 heteroatoms. The Hall–Kier alpha value is -2.77. The molecule has 0 radical (unpaired) electrons. The Bertz CT molecular complexity index is 1080. The Balaban J connectivity index is 1.35. The lowest BCUT2D eigenvalue weighted by Crippen LogP contribution is -2.53. The van der Waals surface area contributed by atoms with Gasteiger partial charge < -0.3 is 5.32 Å². The van der Waals surface area contributed by atoms with Crippen LogP contribution in [0.4, 0.5) is 11.4 Å². The molecule has 154 valence electrons. The fraction of sp³-hybridized carbons (Fsp3) is 0.348. The van der Waals surface area contributed by atoms with Crippen LogP contribution in [0.3, 0.4) is 0 Å². The minimum Gasteiger partial charge on any atom is -0.323 e. The third kappa shape index (κ3) is 3.48. The molecule has 0 spiro atoms. The molecule has 3 aromatic rings. The van der Waals surface area contributed by atoms with E-state index in [1.54, 1.807) is 16.2 Å². The predicted octanol–water partition coefficient (Wildman–Crippen LogP) is 3.85. The molecular weight excluding hydrogens is 396 g/mol. The summed E-state index contributed by atoms with van der Waals surface area (Å²) in [5.74, 6) is 0.158. The number of aromatic nitrogens is 1. The van der Waals surface area contributed by atoms with Gasteiger partial charge in [0.05, 0.1) is 32.6 Å². The lowest BCUT2D eigenvalue weighted by atomic mass is 9.97. The number of anilines is 2. The molecule has 0 aliphatic carbocycles. The van der Waals surface area contributed by atoms with E-state index < -0.39 is 0 Å². The molecule has 0 bridgehead atoms. The van der Waals surface area contributed by atoms with Gasteiger partial charge in [0.2, 0.25) is 11.8 Å². The summed E-state index contributed by atoms with van der Waals surface area (Å²) in [6.07, 6.45) is 2.13. The molecule has 0 saturated carbocycles. The van der Waals surface area contributed by atoms with E-state index in [4.69, 9.17) is 4.98 Å². The number of para-hydroxylation sites is 3. The van der Waals surface area contributed by atoms with Crippen molar-refractivity contribution in [3.05, 3.63) is 53.5 Å². The van der Waals surface area contributed by atoms with Gasteiger partial charge in [-0.15, -0.1) is 11.3 Å². The summed E-state index contributed by atoms with van der Waals surface area (Å²) in [7, 11) is 0. The first kappa shape index (κ1) is 19.2. The van der Waals surface area contributed by atoms with Crippen LogP contribution >= 0.6 is 11.3 Å². The topological polar surface area (TPSA) is 65.5 Å². The smallest absolute Gasteiger partial charge is 0.244 e. The summed E-state index contributed by atoms with van der Waals surface area (Å²) in [4.78, 5) is 34.2. The summed E-state index contributed by atoms with van der Waals surface area (Å²) in [6, 6.07) is 15.4. The minimum absolute atomic E-state index is 0.0257.